The first-order valence-electron chi connectivity index (χ1n) is 20.9. The van der Waals surface area contributed by atoms with Crippen LogP contribution in [0.2, 0.25) is 0 Å². The number of rotatable bonds is 16. The third kappa shape index (κ3) is 11.7. The van der Waals surface area contributed by atoms with Crippen LogP contribution in [0.4, 0.5) is 0 Å². The van der Waals surface area contributed by atoms with Gasteiger partial charge in [0, 0.05) is 5.56 Å². The van der Waals surface area contributed by atoms with Crippen LogP contribution >= 0.6 is 0 Å². The number of hydrogen-bond donors (Lipinski definition) is 1. The van der Waals surface area contributed by atoms with Gasteiger partial charge in [-0.1, -0.05) is 198 Å². The lowest BCUT2D eigenvalue weighted by molar-refractivity contribution is 0.477. The van der Waals surface area contributed by atoms with Crippen LogP contribution in [-0.4, -0.2) is 5.11 Å². The van der Waals surface area contributed by atoms with Crippen molar-refractivity contribution < 1.29 is 5.11 Å². The summed E-state index contributed by atoms with van der Waals surface area (Å²) in [4.78, 5) is 0. The number of unbranched alkanes of at least 4 members (excludes halogenated alkanes) is 10. The van der Waals surface area contributed by atoms with E-state index < -0.39 is 0 Å². The number of phenolic OH excluding ortho intramolecular Hbond substituents is 1. The molecule has 284 valence electrons. The average molecular weight is 695 g/mol. The van der Waals surface area contributed by atoms with Gasteiger partial charge < -0.3 is 5.11 Å². The number of hydrogen-bond acceptors (Lipinski definition) is 1. The van der Waals surface area contributed by atoms with Crippen LogP contribution in [0, 0.1) is 0 Å². The molecule has 3 aromatic rings. The SMILES string of the molecule is CCCCCCCCc1c(C(C)(C)C)cc(-c2cccc(O)c2-c2cc(C(C)(C)C)c(CCCCCCCC)c(C(C)(C)C)c2)cc1C(C)(C)C. The zero-order valence-electron chi connectivity index (χ0n) is 35.9. The van der Waals surface area contributed by atoms with Gasteiger partial charge in [-0.3, -0.25) is 0 Å². The summed E-state index contributed by atoms with van der Waals surface area (Å²) in [5, 5.41) is 11.8. The first-order chi connectivity index (χ1) is 23.7. The minimum Gasteiger partial charge on any atom is -0.507 e. The number of phenols is 1. The predicted molar refractivity (Wildman–Crippen MR) is 228 cm³/mol. The molecule has 0 aromatic heterocycles. The van der Waals surface area contributed by atoms with Crippen molar-refractivity contribution in [3.05, 3.63) is 75.8 Å². The van der Waals surface area contributed by atoms with Crippen LogP contribution in [0.5, 0.6) is 5.75 Å². The highest BCUT2D eigenvalue weighted by molar-refractivity contribution is 5.89. The predicted octanol–water partition coefficient (Wildman–Crippen LogP) is 15.7. The summed E-state index contributed by atoms with van der Waals surface area (Å²) in [6.45, 7) is 33.0. The monoisotopic (exact) mass is 695 g/mol. The molecule has 0 spiro atoms. The lowest BCUT2D eigenvalue weighted by Gasteiger charge is -2.33. The highest BCUT2D eigenvalue weighted by Gasteiger charge is 2.30. The topological polar surface area (TPSA) is 20.2 Å². The highest BCUT2D eigenvalue weighted by Crippen LogP contribution is 2.46. The molecule has 51 heavy (non-hydrogen) atoms. The molecule has 0 heterocycles. The fraction of sp³-hybridized carbons (Fsp3) is 0.640. The zero-order valence-corrected chi connectivity index (χ0v) is 35.9. The quantitative estimate of drug-likeness (QED) is 0.148. The van der Waals surface area contributed by atoms with Crippen LogP contribution in [0.3, 0.4) is 0 Å². The molecule has 0 saturated heterocycles. The molecule has 1 N–H and O–H groups in total. The molecule has 0 unspecified atom stereocenters. The lowest BCUT2D eigenvalue weighted by Crippen LogP contribution is -2.22. The fourth-order valence-electron chi connectivity index (χ4n) is 8.11. The molecule has 0 radical (unpaired) electrons. The molecular weight excluding hydrogens is 617 g/mol. The van der Waals surface area contributed by atoms with E-state index in [1.807, 2.05) is 12.1 Å². The number of benzene rings is 3. The van der Waals surface area contributed by atoms with Gasteiger partial charge >= 0.3 is 0 Å². The van der Waals surface area contributed by atoms with Gasteiger partial charge in [-0.2, -0.15) is 0 Å². The van der Waals surface area contributed by atoms with Crippen molar-refractivity contribution in [3.63, 3.8) is 0 Å². The van der Waals surface area contributed by atoms with Crippen molar-refractivity contribution >= 4 is 0 Å². The van der Waals surface area contributed by atoms with Gasteiger partial charge in [-0.05, 0) is 103 Å². The molecule has 0 saturated carbocycles. The first-order valence-corrected chi connectivity index (χ1v) is 20.9. The van der Waals surface area contributed by atoms with Crippen LogP contribution in [-0.2, 0) is 34.5 Å². The second-order valence-corrected chi connectivity index (χ2v) is 19.8. The van der Waals surface area contributed by atoms with Gasteiger partial charge in [0.25, 0.3) is 0 Å². The van der Waals surface area contributed by atoms with Gasteiger partial charge in [0.2, 0.25) is 0 Å². The molecule has 1 nitrogen and oxygen atoms in total. The second-order valence-electron chi connectivity index (χ2n) is 19.8. The van der Waals surface area contributed by atoms with Crippen molar-refractivity contribution in [2.24, 2.45) is 0 Å². The Balaban J connectivity index is 2.27. The summed E-state index contributed by atoms with van der Waals surface area (Å²) in [5.74, 6) is 0.363. The molecule has 0 aliphatic carbocycles. The van der Waals surface area contributed by atoms with E-state index in [0.717, 1.165) is 29.5 Å². The summed E-state index contributed by atoms with van der Waals surface area (Å²) in [5.41, 5.74) is 13.2. The molecule has 0 aliphatic rings. The first kappa shape index (κ1) is 42.9. The molecular formula is C50H78O. The van der Waals surface area contributed by atoms with Gasteiger partial charge in [0.1, 0.15) is 5.75 Å². The highest BCUT2D eigenvalue weighted by atomic mass is 16.3. The van der Waals surface area contributed by atoms with Crippen molar-refractivity contribution in [2.75, 3.05) is 0 Å². The van der Waals surface area contributed by atoms with E-state index in [2.05, 4.69) is 127 Å². The number of aromatic hydroxyl groups is 1. The second kappa shape index (κ2) is 18.0. The largest absolute Gasteiger partial charge is 0.507 e. The minimum atomic E-state index is -0.0187. The molecule has 0 bridgehead atoms. The maximum atomic E-state index is 11.8. The summed E-state index contributed by atoms with van der Waals surface area (Å²) < 4.78 is 0. The van der Waals surface area contributed by atoms with E-state index in [1.165, 1.54) is 110 Å². The van der Waals surface area contributed by atoms with E-state index in [4.69, 9.17) is 0 Å². The molecule has 0 aliphatic heterocycles. The Morgan fingerprint density at radius 3 is 1.12 bits per heavy atom. The normalized spacial score (nSPS) is 12.9. The van der Waals surface area contributed by atoms with E-state index >= 15 is 0 Å². The Morgan fingerprint density at radius 2 is 0.765 bits per heavy atom. The Hall–Kier alpha value is -2.54. The van der Waals surface area contributed by atoms with E-state index in [1.54, 1.807) is 5.56 Å². The third-order valence-electron chi connectivity index (χ3n) is 10.9. The summed E-state index contributed by atoms with van der Waals surface area (Å²) in [7, 11) is 0. The molecule has 0 atom stereocenters. The summed E-state index contributed by atoms with van der Waals surface area (Å²) in [6, 6.07) is 16.0. The maximum absolute atomic E-state index is 11.8. The molecule has 0 fully saturated rings. The maximum Gasteiger partial charge on any atom is 0.124 e. The van der Waals surface area contributed by atoms with Crippen molar-refractivity contribution in [1.82, 2.24) is 0 Å². The summed E-state index contributed by atoms with van der Waals surface area (Å²) >= 11 is 0. The third-order valence-corrected chi connectivity index (χ3v) is 10.9. The van der Waals surface area contributed by atoms with Gasteiger partial charge in [-0.25, -0.2) is 0 Å². The summed E-state index contributed by atoms with van der Waals surface area (Å²) in [6.07, 6.45) is 17.9. The van der Waals surface area contributed by atoms with Gasteiger partial charge in [-0.15, -0.1) is 0 Å². The Morgan fingerprint density at radius 1 is 0.431 bits per heavy atom. The Labute approximate surface area is 316 Å². The van der Waals surface area contributed by atoms with E-state index in [9.17, 15) is 5.11 Å². The zero-order chi connectivity index (χ0) is 38.2. The standard InChI is InChI=1S/C50H78O/c1-15-17-19-21-23-25-28-39-41(47(3,4)5)32-36(33-42(39)48(6,7)8)38-30-27-31-45(51)46(38)37-34-43(49(9,10)11)40(44(35-37)50(12,13)14)29-26-24-22-20-18-16-2/h27,30-35,51H,15-26,28-29H2,1-14H3. The van der Waals surface area contributed by atoms with Crippen LogP contribution < -0.4 is 0 Å². The van der Waals surface area contributed by atoms with Crippen molar-refractivity contribution in [1.29, 1.82) is 0 Å². The minimum absolute atomic E-state index is 0.00153. The van der Waals surface area contributed by atoms with Crippen LogP contribution in [0.15, 0.2) is 42.5 Å². The molecule has 0 amide bonds. The van der Waals surface area contributed by atoms with Crippen molar-refractivity contribution in [2.45, 2.75) is 208 Å². The van der Waals surface area contributed by atoms with Crippen LogP contribution in [0.1, 0.15) is 207 Å². The lowest BCUT2D eigenvalue weighted by atomic mass is 9.72. The van der Waals surface area contributed by atoms with Crippen molar-refractivity contribution in [3.8, 4) is 28.0 Å². The Kier molecular flexibility index (Phi) is 15.1. The van der Waals surface area contributed by atoms with E-state index in [-0.39, 0.29) is 21.7 Å². The van der Waals surface area contributed by atoms with E-state index in [0.29, 0.717) is 5.75 Å². The average Bonchev–Trinajstić information content (AvgIpc) is 3.02. The molecule has 1 heteroatoms. The smallest absolute Gasteiger partial charge is 0.124 e. The molecule has 3 rings (SSSR count). The van der Waals surface area contributed by atoms with Crippen LogP contribution in [0.25, 0.3) is 22.3 Å². The molecule has 3 aromatic carbocycles. The van der Waals surface area contributed by atoms with Gasteiger partial charge in [0.15, 0.2) is 0 Å². The van der Waals surface area contributed by atoms with Gasteiger partial charge in [0.05, 0.1) is 0 Å². The fourth-order valence-corrected chi connectivity index (χ4v) is 8.11. The Bertz CT molecular complexity index is 1470.